The zero-order chi connectivity index (χ0) is 18.5. The summed E-state index contributed by atoms with van der Waals surface area (Å²) in [5, 5.41) is 13.7. The van der Waals surface area contributed by atoms with E-state index in [9.17, 15) is 10.1 Å². The highest BCUT2D eigenvalue weighted by molar-refractivity contribution is 8.00. The molecule has 0 fully saturated rings. The van der Waals surface area contributed by atoms with E-state index in [0.717, 1.165) is 16.5 Å². The molecule has 1 heterocycles. The zero-order valence-electron chi connectivity index (χ0n) is 14.4. The highest BCUT2D eigenvalue weighted by Gasteiger charge is 2.12. The Morgan fingerprint density at radius 1 is 1.27 bits per heavy atom. The molecule has 0 saturated heterocycles. The molecule has 0 unspecified atom stereocenters. The van der Waals surface area contributed by atoms with Crippen LogP contribution in [-0.2, 0) is 4.79 Å². The van der Waals surface area contributed by atoms with Gasteiger partial charge in [-0.15, -0.1) is 0 Å². The number of carbonyl (C=O) groups excluding carboxylic acids is 1. The van der Waals surface area contributed by atoms with E-state index < -0.39 is 0 Å². The molecule has 0 spiro atoms. The Balaban J connectivity index is 1.75. The number of nitriles is 1. The molecule has 6 heteroatoms. The van der Waals surface area contributed by atoms with Crippen LogP contribution < -0.4 is 10.1 Å². The predicted molar refractivity (Wildman–Crippen MR) is 104 cm³/mol. The van der Waals surface area contributed by atoms with Crippen molar-refractivity contribution in [3.63, 3.8) is 0 Å². The number of carbonyl (C=O) groups is 1. The van der Waals surface area contributed by atoms with E-state index in [-0.39, 0.29) is 11.7 Å². The Bertz CT molecular complexity index is 1010. The van der Waals surface area contributed by atoms with E-state index in [0.29, 0.717) is 22.0 Å². The molecule has 0 aliphatic heterocycles. The van der Waals surface area contributed by atoms with E-state index >= 15 is 0 Å². The van der Waals surface area contributed by atoms with Crippen molar-refractivity contribution in [2.75, 3.05) is 18.2 Å². The van der Waals surface area contributed by atoms with Gasteiger partial charge in [-0.05, 0) is 37.3 Å². The molecule has 0 saturated carbocycles. The molecule has 1 aromatic heterocycles. The topological polar surface area (TPSA) is 75.0 Å². The average molecular weight is 363 g/mol. The van der Waals surface area contributed by atoms with Crippen LogP contribution in [0.15, 0.2) is 53.6 Å². The number of aryl methyl sites for hydroxylation is 1. The third-order valence-electron chi connectivity index (χ3n) is 3.78. The number of aromatic nitrogens is 1. The number of pyridine rings is 1. The van der Waals surface area contributed by atoms with Crippen LogP contribution >= 0.6 is 11.8 Å². The zero-order valence-corrected chi connectivity index (χ0v) is 15.3. The van der Waals surface area contributed by atoms with Crippen LogP contribution in [0.2, 0.25) is 0 Å². The van der Waals surface area contributed by atoms with Gasteiger partial charge in [0, 0.05) is 5.39 Å². The quantitative estimate of drug-likeness (QED) is 0.689. The maximum absolute atomic E-state index is 12.3. The largest absolute Gasteiger partial charge is 0.495 e. The number of hydrogen-bond acceptors (Lipinski definition) is 5. The van der Waals surface area contributed by atoms with Crippen LogP contribution in [0.25, 0.3) is 10.9 Å². The summed E-state index contributed by atoms with van der Waals surface area (Å²) >= 11 is 1.25. The van der Waals surface area contributed by atoms with Crippen molar-refractivity contribution in [3.8, 4) is 11.8 Å². The highest BCUT2D eigenvalue weighted by atomic mass is 32.2. The lowest BCUT2D eigenvalue weighted by molar-refractivity contribution is -0.113. The summed E-state index contributed by atoms with van der Waals surface area (Å²) in [6.07, 6.45) is 0. The van der Waals surface area contributed by atoms with Gasteiger partial charge in [0.2, 0.25) is 5.91 Å². The summed E-state index contributed by atoms with van der Waals surface area (Å²) in [7, 11) is 1.56. The second-order valence-electron chi connectivity index (χ2n) is 5.69. The smallest absolute Gasteiger partial charge is 0.234 e. The minimum Gasteiger partial charge on any atom is -0.495 e. The SMILES string of the molecule is COc1ccccc1NC(=O)CSc1nc2ccc(C)cc2cc1C#N. The summed E-state index contributed by atoms with van der Waals surface area (Å²) in [6, 6.07) is 17.1. The van der Waals surface area contributed by atoms with Gasteiger partial charge in [-0.2, -0.15) is 5.26 Å². The van der Waals surface area contributed by atoms with Gasteiger partial charge in [0.1, 0.15) is 16.8 Å². The molecule has 1 N–H and O–H groups in total. The fourth-order valence-electron chi connectivity index (χ4n) is 2.54. The summed E-state index contributed by atoms with van der Waals surface area (Å²) in [6.45, 7) is 2.00. The molecule has 130 valence electrons. The standard InChI is InChI=1S/C20H17N3O2S/c1-13-7-8-16-14(9-13)10-15(11-21)20(23-16)26-12-19(24)22-17-5-3-4-6-18(17)25-2/h3-10H,12H2,1-2H3,(H,22,24). The van der Waals surface area contributed by atoms with Gasteiger partial charge >= 0.3 is 0 Å². The van der Waals surface area contributed by atoms with Crippen molar-refractivity contribution < 1.29 is 9.53 Å². The van der Waals surface area contributed by atoms with E-state index in [1.165, 1.54) is 11.8 Å². The van der Waals surface area contributed by atoms with Crippen LogP contribution in [0.1, 0.15) is 11.1 Å². The molecule has 5 nitrogen and oxygen atoms in total. The normalized spacial score (nSPS) is 10.3. The van der Waals surface area contributed by atoms with Gasteiger partial charge in [0.25, 0.3) is 0 Å². The Hall–Kier alpha value is -3.04. The molecule has 1 amide bonds. The average Bonchev–Trinajstić information content (AvgIpc) is 2.66. The second-order valence-corrected chi connectivity index (χ2v) is 6.65. The number of thioether (sulfide) groups is 1. The van der Waals surface area contributed by atoms with Gasteiger partial charge in [-0.1, -0.05) is 35.5 Å². The van der Waals surface area contributed by atoms with E-state index in [2.05, 4.69) is 16.4 Å². The number of anilines is 1. The number of benzene rings is 2. The molecule has 0 radical (unpaired) electrons. The molecule has 3 aromatic rings. The van der Waals surface area contributed by atoms with Crippen molar-refractivity contribution in [1.29, 1.82) is 5.26 Å². The molecule has 3 rings (SSSR count). The minimum atomic E-state index is -0.186. The first-order chi connectivity index (χ1) is 12.6. The third-order valence-corrected chi connectivity index (χ3v) is 4.77. The Kier molecular flexibility index (Phi) is 5.40. The summed E-state index contributed by atoms with van der Waals surface area (Å²) in [5.41, 5.74) is 3.00. The maximum Gasteiger partial charge on any atom is 0.234 e. The van der Waals surface area contributed by atoms with Gasteiger partial charge in [0.15, 0.2) is 0 Å². The molecule has 0 bridgehead atoms. The van der Waals surface area contributed by atoms with Crippen LogP contribution in [-0.4, -0.2) is 23.8 Å². The minimum absolute atomic E-state index is 0.150. The number of methoxy groups -OCH3 is 1. The monoisotopic (exact) mass is 363 g/mol. The van der Waals surface area contributed by atoms with Crippen LogP contribution in [0, 0.1) is 18.3 Å². The second kappa shape index (κ2) is 7.89. The van der Waals surface area contributed by atoms with Gasteiger partial charge < -0.3 is 10.1 Å². The Morgan fingerprint density at radius 2 is 2.08 bits per heavy atom. The molecular weight excluding hydrogens is 346 g/mol. The number of rotatable bonds is 5. The molecule has 2 aromatic carbocycles. The summed E-state index contributed by atoms with van der Waals surface area (Å²) in [5.74, 6) is 0.564. The van der Waals surface area contributed by atoms with Gasteiger partial charge in [-0.25, -0.2) is 4.98 Å². The lowest BCUT2D eigenvalue weighted by Crippen LogP contribution is -2.14. The first kappa shape index (κ1) is 17.8. The highest BCUT2D eigenvalue weighted by Crippen LogP contribution is 2.27. The number of para-hydroxylation sites is 2. The lowest BCUT2D eigenvalue weighted by atomic mass is 10.1. The summed E-state index contributed by atoms with van der Waals surface area (Å²) in [4.78, 5) is 16.8. The van der Waals surface area contributed by atoms with Gasteiger partial charge in [0.05, 0.1) is 29.6 Å². The van der Waals surface area contributed by atoms with Crippen molar-refractivity contribution in [1.82, 2.24) is 4.98 Å². The first-order valence-corrected chi connectivity index (χ1v) is 8.96. The third kappa shape index (κ3) is 3.95. The fourth-order valence-corrected chi connectivity index (χ4v) is 3.30. The van der Waals surface area contributed by atoms with Gasteiger partial charge in [-0.3, -0.25) is 4.79 Å². The number of nitrogens with one attached hydrogen (secondary N) is 1. The lowest BCUT2D eigenvalue weighted by Gasteiger charge is -2.10. The van der Waals surface area contributed by atoms with E-state index in [1.807, 2.05) is 43.3 Å². The number of hydrogen-bond donors (Lipinski definition) is 1. The molecular formula is C20H17N3O2S. The fraction of sp³-hybridized carbons (Fsp3) is 0.150. The Labute approximate surface area is 156 Å². The molecule has 0 aliphatic carbocycles. The number of amides is 1. The first-order valence-electron chi connectivity index (χ1n) is 7.98. The predicted octanol–water partition coefficient (Wildman–Crippen LogP) is 4.15. The van der Waals surface area contributed by atoms with Crippen molar-refractivity contribution in [3.05, 3.63) is 59.7 Å². The number of nitrogens with zero attached hydrogens (tertiary/aromatic N) is 2. The molecule has 26 heavy (non-hydrogen) atoms. The Morgan fingerprint density at radius 3 is 2.85 bits per heavy atom. The molecule has 0 aliphatic rings. The summed E-state index contributed by atoms with van der Waals surface area (Å²) < 4.78 is 5.23. The van der Waals surface area contributed by atoms with E-state index in [1.54, 1.807) is 19.2 Å². The molecule has 0 atom stereocenters. The number of fused-ring (bicyclic) bond motifs is 1. The number of ether oxygens (including phenoxy) is 1. The maximum atomic E-state index is 12.3. The van der Waals surface area contributed by atoms with Crippen LogP contribution in [0.5, 0.6) is 5.75 Å². The van der Waals surface area contributed by atoms with Crippen LogP contribution in [0.3, 0.4) is 0 Å². The van der Waals surface area contributed by atoms with E-state index in [4.69, 9.17) is 4.74 Å². The van der Waals surface area contributed by atoms with Crippen LogP contribution in [0.4, 0.5) is 5.69 Å². The van der Waals surface area contributed by atoms with Crippen molar-refractivity contribution in [2.24, 2.45) is 0 Å². The van der Waals surface area contributed by atoms with Crippen molar-refractivity contribution >= 4 is 34.3 Å². The van der Waals surface area contributed by atoms with Crippen molar-refractivity contribution in [2.45, 2.75) is 11.9 Å².